The van der Waals surface area contributed by atoms with Gasteiger partial charge in [0.1, 0.15) is 0 Å². The van der Waals surface area contributed by atoms with Crippen LogP contribution in [0.15, 0.2) is 11.2 Å². The Labute approximate surface area is 149 Å². The number of nitrogens with one attached hydrogen (secondary N) is 2. The molecule has 1 saturated carbocycles. The van der Waals surface area contributed by atoms with Crippen molar-refractivity contribution in [1.82, 2.24) is 15.6 Å². The van der Waals surface area contributed by atoms with Crippen LogP contribution in [0.4, 0.5) is 0 Å². The maximum Gasteiger partial charge on any atom is 0.191 e. The Morgan fingerprint density at radius 3 is 3.04 bits per heavy atom. The van der Waals surface area contributed by atoms with Gasteiger partial charge in [-0.1, -0.05) is 20.8 Å². The van der Waals surface area contributed by atoms with Crippen molar-refractivity contribution in [1.29, 1.82) is 0 Å². The van der Waals surface area contributed by atoms with Crippen molar-refractivity contribution < 1.29 is 4.74 Å². The number of rotatable bonds is 5. The normalized spacial score (nSPS) is 28.8. The molecule has 1 saturated heterocycles. The van der Waals surface area contributed by atoms with Crippen molar-refractivity contribution in [3.8, 4) is 0 Å². The zero-order chi connectivity index (χ0) is 17.2. The Morgan fingerprint density at radius 2 is 2.33 bits per heavy atom. The Kier molecular flexibility index (Phi) is 5.45. The summed E-state index contributed by atoms with van der Waals surface area (Å²) in [6, 6.07) is 0.431. The molecular weight excluding hydrogens is 320 g/mol. The van der Waals surface area contributed by atoms with Gasteiger partial charge in [0.25, 0.3) is 0 Å². The number of guanidine groups is 1. The lowest BCUT2D eigenvalue weighted by Crippen LogP contribution is -2.71. The third-order valence-corrected chi connectivity index (χ3v) is 6.63. The summed E-state index contributed by atoms with van der Waals surface area (Å²) in [7, 11) is 1.84. The highest BCUT2D eigenvalue weighted by Gasteiger charge is 2.58. The highest BCUT2D eigenvalue weighted by atomic mass is 32.1. The molecule has 0 bridgehead atoms. The van der Waals surface area contributed by atoms with Crippen molar-refractivity contribution in [3.05, 3.63) is 16.1 Å². The van der Waals surface area contributed by atoms with Crippen LogP contribution in [0.1, 0.15) is 43.5 Å². The van der Waals surface area contributed by atoms with Gasteiger partial charge in [-0.25, -0.2) is 4.98 Å². The maximum atomic E-state index is 5.98. The molecule has 0 radical (unpaired) electrons. The molecule has 2 fully saturated rings. The van der Waals surface area contributed by atoms with Crippen molar-refractivity contribution in [3.63, 3.8) is 0 Å². The zero-order valence-electron chi connectivity index (χ0n) is 15.3. The molecule has 1 aliphatic carbocycles. The SMILES string of the molecule is CCc1cnc(CCNC(=NC)NC2C3CCCOC3C2(C)C)s1. The molecule has 1 aromatic rings. The summed E-state index contributed by atoms with van der Waals surface area (Å²) in [5, 5.41) is 8.27. The van der Waals surface area contributed by atoms with Gasteiger partial charge in [-0.3, -0.25) is 4.99 Å². The first-order valence-corrected chi connectivity index (χ1v) is 9.90. The first-order valence-electron chi connectivity index (χ1n) is 9.08. The minimum absolute atomic E-state index is 0.161. The number of aliphatic imine (C=N–C) groups is 1. The van der Waals surface area contributed by atoms with E-state index in [2.05, 4.69) is 41.4 Å². The van der Waals surface area contributed by atoms with Crippen molar-refractivity contribution >= 4 is 17.3 Å². The van der Waals surface area contributed by atoms with Crippen LogP contribution < -0.4 is 10.6 Å². The molecule has 3 unspecified atom stereocenters. The summed E-state index contributed by atoms with van der Waals surface area (Å²) in [5.41, 5.74) is 0.161. The predicted molar refractivity (Wildman–Crippen MR) is 99.7 cm³/mol. The Bertz CT molecular complexity index is 583. The summed E-state index contributed by atoms with van der Waals surface area (Å²) in [4.78, 5) is 10.2. The zero-order valence-corrected chi connectivity index (χ0v) is 16.1. The number of aryl methyl sites for hydroxylation is 1. The summed E-state index contributed by atoms with van der Waals surface area (Å²) in [5.74, 6) is 1.50. The molecule has 3 rings (SSSR count). The molecule has 134 valence electrons. The van der Waals surface area contributed by atoms with Crippen LogP contribution in [0.2, 0.25) is 0 Å². The molecule has 2 aliphatic rings. The topological polar surface area (TPSA) is 58.5 Å². The summed E-state index contributed by atoms with van der Waals surface area (Å²) >= 11 is 1.81. The fourth-order valence-corrected chi connectivity index (χ4v) is 4.93. The second-order valence-electron chi connectivity index (χ2n) is 7.36. The van der Waals surface area contributed by atoms with Crippen molar-refractivity contribution in [2.75, 3.05) is 20.2 Å². The Balaban J connectivity index is 1.50. The monoisotopic (exact) mass is 350 g/mol. The third-order valence-electron chi connectivity index (χ3n) is 5.43. The molecule has 5 nitrogen and oxygen atoms in total. The van der Waals surface area contributed by atoms with Gasteiger partial charge in [-0.2, -0.15) is 0 Å². The number of thiazole rings is 1. The molecule has 0 amide bonds. The number of nitrogens with zero attached hydrogens (tertiary/aromatic N) is 2. The van der Waals surface area contributed by atoms with Crippen LogP contribution in [-0.4, -0.2) is 43.3 Å². The van der Waals surface area contributed by atoms with E-state index in [1.807, 2.05) is 24.6 Å². The van der Waals surface area contributed by atoms with Gasteiger partial charge in [0.2, 0.25) is 0 Å². The van der Waals surface area contributed by atoms with E-state index in [0.29, 0.717) is 18.1 Å². The van der Waals surface area contributed by atoms with Gasteiger partial charge in [-0.05, 0) is 19.3 Å². The number of hydrogen-bond donors (Lipinski definition) is 2. The second kappa shape index (κ2) is 7.40. The molecule has 3 atom stereocenters. The van der Waals surface area contributed by atoms with E-state index in [1.54, 1.807) is 0 Å². The van der Waals surface area contributed by atoms with Crippen molar-refractivity contribution in [2.24, 2.45) is 16.3 Å². The smallest absolute Gasteiger partial charge is 0.191 e. The minimum Gasteiger partial charge on any atom is -0.377 e. The molecule has 2 N–H and O–H groups in total. The maximum absolute atomic E-state index is 5.98. The molecule has 6 heteroatoms. The minimum atomic E-state index is 0.161. The number of fused-ring (bicyclic) bond motifs is 1. The fraction of sp³-hybridized carbons (Fsp3) is 0.778. The van der Waals surface area contributed by atoms with E-state index in [1.165, 1.54) is 22.7 Å². The average Bonchev–Trinajstić information content (AvgIpc) is 3.05. The Morgan fingerprint density at radius 1 is 1.50 bits per heavy atom. The second-order valence-corrected chi connectivity index (χ2v) is 8.56. The standard InChI is InChI=1S/C18H30N4OS/c1-5-12-11-21-14(24-12)8-9-20-17(19-4)22-15-13-7-6-10-23-16(13)18(15,2)3/h11,13,15-16H,5-10H2,1-4H3,(H2,19,20,22). The lowest BCUT2D eigenvalue weighted by atomic mass is 9.55. The quantitative estimate of drug-likeness (QED) is 0.633. The first kappa shape index (κ1) is 17.7. The van der Waals surface area contributed by atoms with Gasteiger partial charge >= 0.3 is 0 Å². The predicted octanol–water partition coefficient (Wildman–Crippen LogP) is 2.62. The molecule has 0 aromatic carbocycles. The van der Waals surface area contributed by atoms with Crippen LogP contribution in [0.3, 0.4) is 0 Å². The van der Waals surface area contributed by atoms with E-state index >= 15 is 0 Å². The van der Waals surface area contributed by atoms with E-state index < -0.39 is 0 Å². The van der Waals surface area contributed by atoms with Gasteiger partial charge in [0.05, 0.1) is 11.1 Å². The molecule has 1 aromatic heterocycles. The number of hydrogen-bond acceptors (Lipinski definition) is 4. The van der Waals surface area contributed by atoms with Gasteiger partial charge in [0.15, 0.2) is 5.96 Å². The van der Waals surface area contributed by atoms with Gasteiger partial charge in [-0.15, -0.1) is 11.3 Å². The molecule has 24 heavy (non-hydrogen) atoms. The summed E-state index contributed by atoms with van der Waals surface area (Å²) in [6.45, 7) is 8.54. The van der Waals surface area contributed by atoms with Crippen molar-refractivity contribution in [2.45, 2.75) is 58.6 Å². The van der Waals surface area contributed by atoms with E-state index in [-0.39, 0.29) is 5.41 Å². The van der Waals surface area contributed by atoms with E-state index in [4.69, 9.17) is 4.74 Å². The molecule has 1 aliphatic heterocycles. The first-order chi connectivity index (χ1) is 11.6. The highest BCUT2D eigenvalue weighted by molar-refractivity contribution is 7.11. The van der Waals surface area contributed by atoms with Crippen LogP contribution in [0.5, 0.6) is 0 Å². The van der Waals surface area contributed by atoms with Gasteiger partial charge < -0.3 is 15.4 Å². The van der Waals surface area contributed by atoms with Crippen LogP contribution in [0.25, 0.3) is 0 Å². The lowest BCUT2D eigenvalue weighted by molar-refractivity contribution is -0.188. The third kappa shape index (κ3) is 3.45. The summed E-state index contributed by atoms with van der Waals surface area (Å²) in [6.07, 6.45) is 6.81. The number of ether oxygens (including phenoxy) is 1. The summed E-state index contributed by atoms with van der Waals surface area (Å²) < 4.78 is 5.98. The average molecular weight is 351 g/mol. The van der Waals surface area contributed by atoms with E-state index in [9.17, 15) is 0 Å². The van der Waals surface area contributed by atoms with Gasteiger partial charge in [0, 0.05) is 55.1 Å². The van der Waals surface area contributed by atoms with E-state index in [0.717, 1.165) is 32.0 Å². The fourth-order valence-electron chi connectivity index (χ4n) is 4.07. The Hall–Kier alpha value is -1.14. The lowest BCUT2D eigenvalue weighted by Gasteiger charge is -2.60. The highest BCUT2D eigenvalue weighted by Crippen LogP contribution is 2.51. The molecule has 0 spiro atoms. The number of aromatic nitrogens is 1. The largest absolute Gasteiger partial charge is 0.377 e. The molecular formula is C18H30N4OS. The van der Waals surface area contributed by atoms with Crippen LogP contribution in [0, 0.1) is 11.3 Å². The van der Waals surface area contributed by atoms with Crippen LogP contribution in [-0.2, 0) is 17.6 Å². The van der Waals surface area contributed by atoms with Crippen LogP contribution >= 0.6 is 11.3 Å². The molecule has 2 heterocycles.